The van der Waals surface area contributed by atoms with Crippen LogP contribution in [0.4, 0.5) is 0 Å². The fourth-order valence-corrected chi connectivity index (χ4v) is 3.85. The van der Waals surface area contributed by atoms with Gasteiger partial charge in [-0.2, -0.15) is 0 Å². The van der Waals surface area contributed by atoms with Gasteiger partial charge in [-0.1, -0.05) is 51.5 Å². The number of hydrogen-bond donors (Lipinski definition) is 1. The third-order valence-electron chi connectivity index (χ3n) is 5.33. The Morgan fingerprint density at radius 2 is 1.76 bits per heavy atom. The summed E-state index contributed by atoms with van der Waals surface area (Å²) in [6, 6.07) is 9.92. The van der Waals surface area contributed by atoms with Gasteiger partial charge in [-0.3, -0.25) is 0 Å². The topological polar surface area (TPSA) is 12.0 Å². The monoisotopic (exact) mass is 287 g/mol. The normalized spacial score (nSPS) is 25.4. The maximum absolute atomic E-state index is 3.89. The van der Waals surface area contributed by atoms with Gasteiger partial charge in [0.25, 0.3) is 0 Å². The van der Waals surface area contributed by atoms with Crippen LogP contribution in [0.5, 0.6) is 0 Å². The molecule has 1 fully saturated rings. The summed E-state index contributed by atoms with van der Waals surface area (Å²) in [5.41, 5.74) is 3.32. The van der Waals surface area contributed by atoms with Crippen LogP contribution in [0.25, 0.3) is 0 Å². The first kappa shape index (κ1) is 16.5. The zero-order valence-corrected chi connectivity index (χ0v) is 14.6. The molecule has 0 amide bonds. The predicted octanol–water partition coefficient (Wildman–Crippen LogP) is 5.64. The molecular formula is C20H33N. The van der Waals surface area contributed by atoms with Crippen molar-refractivity contribution in [3.8, 4) is 0 Å². The first-order valence-electron chi connectivity index (χ1n) is 8.69. The van der Waals surface area contributed by atoms with Gasteiger partial charge in [-0.15, -0.1) is 0 Å². The molecule has 0 radical (unpaired) electrons. The molecule has 21 heavy (non-hydrogen) atoms. The lowest BCUT2D eigenvalue weighted by atomic mass is 9.76. The van der Waals surface area contributed by atoms with Crippen molar-refractivity contribution in [3.05, 3.63) is 35.4 Å². The van der Waals surface area contributed by atoms with Crippen LogP contribution in [-0.4, -0.2) is 6.04 Å². The van der Waals surface area contributed by atoms with Gasteiger partial charge >= 0.3 is 0 Å². The minimum absolute atomic E-state index is 0.461. The van der Waals surface area contributed by atoms with E-state index in [9.17, 15) is 0 Å². The molecular weight excluding hydrogens is 254 g/mol. The highest BCUT2D eigenvalue weighted by atomic mass is 14.9. The van der Waals surface area contributed by atoms with Crippen molar-refractivity contribution in [1.29, 1.82) is 0 Å². The number of aryl methyl sites for hydroxylation is 1. The van der Waals surface area contributed by atoms with E-state index in [1.54, 1.807) is 0 Å². The molecule has 1 aliphatic carbocycles. The summed E-state index contributed by atoms with van der Waals surface area (Å²) in [6.07, 6.45) is 6.82. The predicted molar refractivity (Wildman–Crippen MR) is 92.5 cm³/mol. The molecule has 2 unspecified atom stereocenters. The number of nitrogens with one attached hydrogen (secondary N) is 1. The Hall–Kier alpha value is -0.820. The maximum atomic E-state index is 3.89. The zero-order chi connectivity index (χ0) is 15.5. The zero-order valence-electron chi connectivity index (χ0n) is 14.6. The molecule has 2 rings (SSSR count). The second kappa shape index (κ2) is 6.96. The van der Waals surface area contributed by atoms with Crippen LogP contribution in [0.2, 0.25) is 0 Å². The molecule has 1 saturated carbocycles. The molecule has 1 N–H and O–H groups in total. The lowest BCUT2D eigenvalue weighted by molar-refractivity contribution is 0.213. The van der Waals surface area contributed by atoms with Gasteiger partial charge in [0.1, 0.15) is 0 Å². The van der Waals surface area contributed by atoms with Crippen LogP contribution in [0, 0.1) is 18.3 Å². The smallest absolute Gasteiger partial charge is 0.0296 e. The molecule has 0 aliphatic heterocycles. The highest BCUT2D eigenvalue weighted by Gasteiger charge is 2.28. The van der Waals surface area contributed by atoms with E-state index in [2.05, 4.69) is 64.2 Å². The minimum atomic E-state index is 0.461. The van der Waals surface area contributed by atoms with Gasteiger partial charge in [-0.25, -0.2) is 0 Å². The number of benzene rings is 1. The van der Waals surface area contributed by atoms with Crippen molar-refractivity contribution in [3.63, 3.8) is 0 Å². The summed E-state index contributed by atoms with van der Waals surface area (Å²) >= 11 is 0. The molecule has 0 aromatic heterocycles. The van der Waals surface area contributed by atoms with Gasteiger partial charge < -0.3 is 5.32 Å². The molecule has 0 saturated heterocycles. The summed E-state index contributed by atoms with van der Waals surface area (Å²) in [7, 11) is 0. The van der Waals surface area contributed by atoms with Crippen molar-refractivity contribution < 1.29 is 0 Å². The average molecular weight is 287 g/mol. The first-order valence-corrected chi connectivity index (χ1v) is 8.69. The van der Waals surface area contributed by atoms with Gasteiger partial charge in [-0.05, 0) is 62.0 Å². The molecule has 1 heteroatoms. The molecule has 1 nitrogen and oxygen atoms in total. The van der Waals surface area contributed by atoms with E-state index in [1.165, 1.54) is 43.2 Å². The summed E-state index contributed by atoms with van der Waals surface area (Å²) < 4.78 is 0. The number of hydrogen-bond acceptors (Lipinski definition) is 1. The van der Waals surface area contributed by atoms with Gasteiger partial charge in [0.2, 0.25) is 0 Å². The van der Waals surface area contributed by atoms with Crippen molar-refractivity contribution in [2.24, 2.45) is 11.3 Å². The van der Waals surface area contributed by atoms with Crippen LogP contribution in [0.3, 0.4) is 0 Å². The van der Waals surface area contributed by atoms with Crippen LogP contribution >= 0.6 is 0 Å². The Kier molecular flexibility index (Phi) is 5.48. The molecule has 3 atom stereocenters. The molecule has 0 spiro atoms. The van der Waals surface area contributed by atoms with E-state index in [0.717, 1.165) is 5.92 Å². The number of rotatable bonds is 3. The second-order valence-electron chi connectivity index (χ2n) is 8.01. The first-order chi connectivity index (χ1) is 9.88. The third-order valence-corrected chi connectivity index (χ3v) is 5.33. The van der Waals surface area contributed by atoms with Crippen LogP contribution < -0.4 is 5.32 Å². The molecule has 118 valence electrons. The van der Waals surface area contributed by atoms with Crippen molar-refractivity contribution in [2.45, 2.75) is 78.8 Å². The van der Waals surface area contributed by atoms with Crippen LogP contribution in [0.15, 0.2) is 24.3 Å². The highest BCUT2D eigenvalue weighted by Crippen LogP contribution is 2.37. The molecule has 1 aliphatic rings. The van der Waals surface area contributed by atoms with Crippen LogP contribution in [-0.2, 0) is 0 Å². The quantitative estimate of drug-likeness (QED) is 0.709. The van der Waals surface area contributed by atoms with E-state index in [0.29, 0.717) is 17.5 Å². The lowest BCUT2D eigenvalue weighted by Gasteiger charge is -2.30. The molecule has 1 aromatic carbocycles. The Bertz CT molecular complexity index is 443. The Labute approximate surface area is 131 Å². The summed E-state index contributed by atoms with van der Waals surface area (Å²) in [5, 5.41) is 3.89. The molecule has 0 heterocycles. The lowest BCUT2D eigenvalue weighted by Crippen LogP contribution is -2.31. The highest BCUT2D eigenvalue weighted by molar-refractivity contribution is 5.28. The average Bonchev–Trinajstić information content (AvgIpc) is 2.64. The van der Waals surface area contributed by atoms with Gasteiger partial charge in [0, 0.05) is 12.1 Å². The fraction of sp³-hybridized carbons (Fsp3) is 0.700. The van der Waals surface area contributed by atoms with Crippen molar-refractivity contribution in [1.82, 2.24) is 5.32 Å². The molecule has 0 bridgehead atoms. The summed E-state index contributed by atoms with van der Waals surface area (Å²) in [6.45, 7) is 11.7. The standard InChI is InChI=1S/C20H33N/c1-15-9-6-7-12-19(15)16(2)21-18-11-8-10-17(13-14-18)20(3,4)5/h6-7,9,12,16-18,21H,8,10-11,13-14H2,1-5H3/t16-,17?,18?/m1/s1. The fourth-order valence-electron chi connectivity index (χ4n) is 3.85. The van der Waals surface area contributed by atoms with E-state index in [4.69, 9.17) is 0 Å². The third kappa shape index (κ3) is 4.57. The molecule has 1 aromatic rings. The van der Waals surface area contributed by atoms with Crippen LogP contribution in [0.1, 0.15) is 77.0 Å². The SMILES string of the molecule is Cc1ccccc1[C@@H](C)NC1CCCC(C(C)(C)C)CC1. The minimum Gasteiger partial charge on any atom is -0.307 e. The largest absolute Gasteiger partial charge is 0.307 e. The van der Waals surface area contributed by atoms with E-state index < -0.39 is 0 Å². The van der Waals surface area contributed by atoms with E-state index in [1.807, 2.05) is 0 Å². The van der Waals surface area contributed by atoms with Gasteiger partial charge in [0.05, 0.1) is 0 Å². The van der Waals surface area contributed by atoms with Crippen molar-refractivity contribution in [2.75, 3.05) is 0 Å². The maximum Gasteiger partial charge on any atom is 0.0296 e. The summed E-state index contributed by atoms with van der Waals surface area (Å²) in [4.78, 5) is 0. The van der Waals surface area contributed by atoms with Gasteiger partial charge in [0.15, 0.2) is 0 Å². The van der Waals surface area contributed by atoms with E-state index in [-0.39, 0.29) is 0 Å². The van der Waals surface area contributed by atoms with E-state index >= 15 is 0 Å². The Morgan fingerprint density at radius 3 is 2.43 bits per heavy atom. The Morgan fingerprint density at radius 1 is 1.05 bits per heavy atom. The Balaban J connectivity index is 1.93. The summed E-state index contributed by atoms with van der Waals surface area (Å²) in [5.74, 6) is 0.887. The van der Waals surface area contributed by atoms with Crippen molar-refractivity contribution >= 4 is 0 Å². The second-order valence-corrected chi connectivity index (χ2v) is 8.01.